The maximum atomic E-state index is 6.42. The molecule has 0 aliphatic carbocycles. The summed E-state index contributed by atoms with van der Waals surface area (Å²) in [6.45, 7) is 7.67. The minimum absolute atomic E-state index is 0.0363. The molecule has 2 nitrogen and oxygen atoms in total. The Kier molecular flexibility index (Phi) is 4.18. The Morgan fingerprint density at radius 3 is 2.67 bits per heavy atom. The van der Waals surface area contributed by atoms with Gasteiger partial charge in [-0.05, 0) is 50.3 Å². The van der Waals surface area contributed by atoms with E-state index in [0.29, 0.717) is 6.04 Å². The lowest BCUT2D eigenvalue weighted by Crippen LogP contribution is -2.41. The van der Waals surface area contributed by atoms with E-state index in [1.165, 1.54) is 12.8 Å². The molecule has 1 aliphatic rings. The third-order valence-corrected chi connectivity index (χ3v) is 4.23. The molecular weight excluding hydrogens is 244 g/mol. The van der Waals surface area contributed by atoms with Crippen LogP contribution in [0.3, 0.4) is 0 Å². The van der Waals surface area contributed by atoms with Gasteiger partial charge in [-0.2, -0.15) is 0 Å². The molecule has 18 heavy (non-hydrogen) atoms. The fourth-order valence-electron chi connectivity index (χ4n) is 2.66. The van der Waals surface area contributed by atoms with Crippen LogP contribution in [0.5, 0.6) is 0 Å². The quantitative estimate of drug-likeness (QED) is 0.877. The van der Waals surface area contributed by atoms with Gasteiger partial charge in [-0.15, -0.1) is 0 Å². The summed E-state index contributed by atoms with van der Waals surface area (Å²) in [5.74, 6) is 0.741. The van der Waals surface area contributed by atoms with Crippen molar-refractivity contribution in [3.63, 3.8) is 0 Å². The van der Waals surface area contributed by atoms with Gasteiger partial charge in [-0.3, -0.25) is 0 Å². The first-order chi connectivity index (χ1) is 8.49. The zero-order valence-corrected chi connectivity index (χ0v) is 12.2. The van der Waals surface area contributed by atoms with Gasteiger partial charge in [0.1, 0.15) is 0 Å². The summed E-state index contributed by atoms with van der Waals surface area (Å²) in [6, 6.07) is 6.83. The zero-order valence-electron chi connectivity index (χ0n) is 11.5. The monoisotopic (exact) mass is 266 g/mol. The SMILES string of the molecule is CC1CCC(C)N(c2ccc([C@@H](C)N)cc2Cl)C1. The molecule has 1 aromatic carbocycles. The molecule has 0 bridgehead atoms. The highest BCUT2D eigenvalue weighted by Crippen LogP contribution is 2.34. The van der Waals surface area contributed by atoms with Gasteiger partial charge in [-0.1, -0.05) is 24.6 Å². The maximum Gasteiger partial charge on any atom is 0.0642 e. The van der Waals surface area contributed by atoms with Gasteiger partial charge in [0.25, 0.3) is 0 Å². The van der Waals surface area contributed by atoms with Gasteiger partial charge in [0, 0.05) is 18.6 Å². The van der Waals surface area contributed by atoms with Crippen LogP contribution in [0, 0.1) is 5.92 Å². The summed E-state index contributed by atoms with van der Waals surface area (Å²) in [4.78, 5) is 2.43. The lowest BCUT2D eigenvalue weighted by Gasteiger charge is -2.39. The molecule has 1 aromatic rings. The lowest BCUT2D eigenvalue weighted by atomic mass is 9.94. The molecule has 2 rings (SSSR count). The third kappa shape index (κ3) is 2.81. The average Bonchev–Trinajstić information content (AvgIpc) is 2.32. The predicted octanol–water partition coefficient (Wildman–Crippen LogP) is 3.98. The second kappa shape index (κ2) is 5.50. The number of piperidine rings is 1. The molecule has 0 aromatic heterocycles. The highest BCUT2D eigenvalue weighted by molar-refractivity contribution is 6.33. The molecule has 0 spiro atoms. The molecule has 2 N–H and O–H groups in total. The minimum atomic E-state index is 0.0363. The zero-order chi connectivity index (χ0) is 13.3. The average molecular weight is 267 g/mol. The molecule has 2 unspecified atom stereocenters. The van der Waals surface area contributed by atoms with Crippen LogP contribution < -0.4 is 10.6 Å². The van der Waals surface area contributed by atoms with Crippen molar-refractivity contribution in [2.45, 2.75) is 45.7 Å². The molecule has 3 atom stereocenters. The number of hydrogen-bond acceptors (Lipinski definition) is 2. The number of hydrogen-bond donors (Lipinski definition) is 1. The van der Waals surface area contributed by atoms with Crippen LogP contribution in [0.2, 0.25) is 5.02 Å². The predicted molar refractivity (Wildman–Crippen MR) is 79.3 cm³/mol. The first-order valence-corrected chi connectivity index (χ1v) is 7.18. The second-order valence-corrected chi connectivity index (χ2v) is 6.09. The molecule has 0 saturated carbocycles. The Morgan fingerprint density at radius 1 is 1.33 bits per heavy atom. The van der Waals surface area contributed by atoms with Crippen LogP contribution in [0.25, 0.3) is 0 Å². The number of anilines is 1. The number of halogens is 1. The summed E-state index contributed by atoms with van der Waals surface area (Å²) < 4.78 is 0. The molecule has 100 valence electrons. The summed E-state index contributed by atoms with van der Waals surface area (Å²) >= 11 is 6.42. The summed E-state index contributed by atoms with van der Waals surface area (Å²) in [5.41, 5.74) is 8.14. The molecule has 1 fully saturated rings. The lowest BCUT2D eigenvalue weighted by molar-refractivity contribution is 0.390. The second-order valence-electron chi connectivity index (χ2n) is 5.68. The van der Waals surface area contributed by atoms with Crippen molar-refractivity contribution in [1.82, 2.24) is 0 Å². The normalized spacial score (nSPS) is 26.2. The van der Waals surface area contributed by atoms with Crippen LogP contribution in [-0.4, -0.2) is 12.6 Å². The molecular formula is C15H23ClN2. The summed E-state index contributed by atoms with van der Waals surface area (Å²) in [5, 5.41) is 0.825. The number of benzene rings is 1. The van der Waals surface area contributed by atoms with Crippen LogP contribution in [0.4, 0.5) is 5.69 Å². The highest BCUT2D eigenvalue weighted by atomic mass is 35.5. The minimum Gasteiger partial charge on any atom is -0.367 e. The van der Waals surface area contributed by atoms with Crippen LogP contribution in [0.15, 0.2) is 18.2 Å². The highest BCUT2D eigenvalue weighted by Gasteiger charge is 2.24. The van der Waals surface area contributed by atoms with E-state index in [9.17, 15) is 0 Å². The van der Waals surface area contributed by atoms with E-state index >= 15 is 0 Å². The van der Waals surface area contributed by atoms with Gasteiger partial charge in [0.15, 0.2) is 0 Å². The topological polar surface area (TPSA) is 29.3 Å². The Labute approximate surface area is 115 Å². The van der Waals surface area contributed by atoms with E-state index in [0.717, 1.165) is 28.7 Å². The van der Waals surface area contributed by atoms with E-state index in [1.54, 1.807) is 0 Å². The first-order valence-electron chi connectivity index (χ1n) is 6.80. The fourth-order valence-corrected chi connectivity index (χ4v) is 2.96. The molecule has 0 radical (unpaired) electrons. The van der Waals surface area contributed by atoms with Crippen LogP contribution in [-0.2, 0) is 0 Å². The third-order valence-electron chi connectivity index (χ3n) is 3.92. The van der Waals surface area contributed by atoms with Crippen molar-refractivity contribution in [3.8, 4) is 0 Å². The van der Waals surface area contributed by atoms with E-state index in [-0.39, 0.29) is 6.04 Å². The van der Waals surface area contributed by atoms with Gasteiger partial charge in [0.2, 0.25) is 0 Å². The molecule has 1 aliphatic heterocycles. The smallest absolute Gasteiger partial charge is 0.0642 e. The van der Waals surface area contributed by atoms with Gasteiger partial charge in [0.05, 0.1) is 10.7 Å². The van der Waals surface area contributed by atoms with Crippen molar-refractivity contribution >= 4 is 17.3 Å². The summed E-state index contributed by atoms with van der Waals surface area (Å²) in [6.07, 6.45) is 2.56. The van der Waals surface area contributed by atoms with E-state index in [2.05, 4.69) is 30.9 Å². The Hall–Kier alpha value is -0.730. The van der Waals surface area contributed by atoms with Gasteiger partial charge < -0.3 is 10.6 Å². The van der Waals surface area contributed by atoms with Crippen molar-refractivity contribution in [1.29, 1.82) is 0 Å². The number of rotatable bonds is 2. The Morgan fingerprint density at radius 2 is 2.06 bits per heavy atom. The number of nitrogens with two attached hydrogens (primary N) is 1. The molecule has 1 saturated heterocycles. The van der Waals surface area contributed by atoms with Gasteiger partial charge >= 0.3 is 0 Å². The number of nitrogens with zero attached hydrogens (tertiary/aromatic N) is 1. The maximum absolute atomic E-state index is 6.42. The van der Waals surface area contributed by atoms with Crippen molar-refractivity contribution in [2.24, 2.45) is 11.7 Å². The fraction of sp³-hybridized carbons (Fsp3) is 0.600. The van der Waals surface area contributed by atoms with Crippen molar-refractivity contribution in [2.75, 3.05) is 11.4 Å². The largest absolute Gasteiger partial charge is 0.367 e. The standard InChI is InChI=1S/C15H23ClN2/c1-10-4-5-11(2)18(9-10)15-7-6-13(12(3)17)8-14(15)16/h6-8,10-12H,4-5,9,17H2,1-3H3/t10?,11?,12-/m1/s1. The van der Waals surface area contributed by atoms with Crippen molar-refractivity contribution in [3.05, 3.63) is 28.8 Å². The van der Waals surface area contributed by atoms with Crippen LogP contribution in [0.1, 0.15) is 45.2 Å². The van der Waals surface area contributed by atoms with E-state index < -0.39 is 0 Å². The van der Waals surface area contributed by atoms with Crippen LogP contribution >= 0.6 is 11.6 Å². The van der Waals surface area contributed by atoms with E-state index in [4.69, 9.17) is 17.3 Å². The molecule has 1 heterocycles. The first kappa shape index (κ1) is 13.7. The van der Waals surface area contributed by atoms with E-state index in [1.807, 2.05) is 13.0 Å². The van der Waals surface area contributed by atoms with Gasteiger partial charge in [-0.25, -0.2) is 0 Å². The Bertz CT molecular complexity index is 417. The molecule has 3 heteroatoms. The van der Waals surface area contributed by atoms with Crippen molar-refractivity contribution < 1.29 is 0 Å². The summed E-state index contributed by atoms with van der Waals surface area (Å²) in [7, 11) is 0. The molecule has 0 amide bonds. The Balaban J connectivity index is 2.27.